The average molecular weight is 368 g/mol. The lowest BCUT2D eigenvalue weighted by atomic mass is 10.0. The Bertz CT molecular complexity index is 766. The van der Waals surface area contributed by atoms with Crippen molar-refractivity contribution in [3.8, 4) is 5.75 Å². The van der Waals surface area contributed by atoms with Gasteiger partial charge in [-0.3, -0.25) is 19.6 Å². The van der Waals surface area contributed by atoms with E-state index in [1.807, 2.05) is 0 Å². The van der Waals surface area contributed by atoms with Crippen LogP contribution in [0.5, 0.6) is 5.75 Å². The zero-order valence-electron chi connectivity index (χ0n) is 14.0. The number of nitrogens with one attached hydrogen (secondary N) is 1. The molecule has 0 fully saturated rings. The molecular weight excluding hydrogens is 350 g/mol. The van der Waals surface area contributed by atoms with Gasteiger partial charge in [-0.05, 0) is 12.5 Å². The highest BCUT2D eigenvalue weighted by molar-refractivity contribution is 5.76. The van der Waals surface area contributed by atoms with Crippen molar-refractivity contribution in [3.05, 3.63) is 52.3 Å². The summed E-state index contributed by atoms with van der Waals surface area (Å²) in [6.07, 6.45) is 2.84. The van der Waals surface area contributed by atoms with Gasteiger partial charge in [0.25, 0.3) is 0 Å². The molecule has 1 aromatic carbocycles. The molecule has 1 N–H and O–H groups in total. The van der Waals surface area contributed by atoms with E-state index in [4.69, 9.17) is 0 Å². The third-order valence-corrected chi connectivity index (χ3v) is 3.65. The first kappa shape index (κ1) is 19.3. The fraction of sp³-hybridized carbons (Fsp3) is 0.375. The lowest BCUT2D eigenvalue weighted by Gasteiger charge is -2.20. The summed E-state index contributed by atoms with van der Waals surface area (Å²) in [6, 6.07) is 5.78. The number of nitrogens with zero attached hydrogens (tertiary/aromatic N) is 3. The molecule has 0 saturated carbocycles. The van der Waals surface area contributed by atoms with Crippen LogP contribution in [0.4, 0.5) is 14.5 Å². The molecule has 1 amide bonds. The second kappa shape index (κ2) is 8.88. The summed E-state index contributed by atoms with van der Waals surface area (Å²) < 4.78 is 30.9. The van der Waals surface area contributed by atoms with E-state index in [1.165, 1.54) is 16.9 Å². The van der Waals surface area contributed by atoms with E-state index in [0.29, 0.717) is 12.0 Å². The number of hydrogen-bond donors (Lipinski definition) is 1. The Kier molecular flexibility index (Phi) is 6.59. The number of nitro groups is 1. The lowest BCUT2D eigenvalue weighted by Crippen LogP contribution is -2.29. The molecule has 8 nitrogen and oxygen atoms in total. The number of carbonyl (C=O) groups excluding carboxylic acids is 1. The molecule has 0 spiro atoms. The standard InChI is InChI=1S/C16H18F2N4O4/c1-2-13(12-5-3-4-6-14(12)26-16(17)18)20-15(23)7-8-21-10-11(9-19-21)22(24)25/h3-6,9-10,13,16H,2,7-8H2,1H3,(H,20,23). The van der Waals surface area contributed by atoms with Gasteiger partial charge in [-0.2, -0.15) is 13.9 Å². The van der Waals surface area contributed by atoms with Gasteiger partial charge in [-0.25, -0.2) is 0 Å². The predicted molar refractivity (Wildman–Crippen MR) is 87.7 cm³/mol. The summed E-state index contributed by atoms with van der Waals surface area (Å²) in [4.78, 5) is 22.2. The van der Waals surface area contributed by atoms with Gasteiger partial charge in [0.15, 0.2) is 0 Å². The second-order valence-corrected chi connectivity index (χ2v) is 5.41. The van der Waals surface area contributed by atoms with Gasteiger partial charge in [0.05, 0.1) is 11.0 Å². The van der Waals surface area contributed by atoms with E-state index < -0.39 is 17.6 Å². The van der Waals surface area contributed by atoms with Gasteiger partial charge in [0, 0.05) is 18.5 Å². The summed E-state index contributed by atoms with van der Waals surface area (Å²) in [5, 5.41) is 17.2. The minimum atomic E-state index is -2.96. The number of ether oxygens (including phenoxy) is 1. The van der Waals surface area contributed by atoms with Gasteiger partial charge in [-0.1, -0.05) is 25.1 Å². The Morgan fingerprint density at radius 1 is 1.42 bits per heavy atom. The second-order valence-electron chi connectivity index (χ2n) is 5.41. The molecule has 0 aliphatic rings. The number of aromatic nitrogens is 2. The number of amides is 1. The molecule has 0 saturated heterocycles. The van der Waals surface area contributed by atoms with Crippen molar-refractivity contribution < 1.29 is 23.2 Å². The summed E-state index contributed by atoms with van der Waals surface area (Å²) >= 11 is 0. The largest absolute Gasteiger partial charge is 0.434 e. The van der Waals surface area contributed by atoms with Gasteiger partial charge >= 0.3 is 12.3 Å². The Morgan fingerprint density at radius 2 is 2.15 bits per heavy atom. The maximum Gasteiger partial charge on any atom is 0.387 e. The van der Waals surface area contributed by atoms with E-state index >= 15 is 0 Å². The van der Waals surface area contributed by atoms with E-state index in [1.54, 1.807) is 25.1 Å². The summed E-state index contributed by atoms with van der Waals surface area (Å²) in [6.45, 7) is -0.994. The van der Waals surface area contributed by atoms with Crippen LogP contribution in [-0.4, -0.2) is 27.2 Å². The summed E-state index contributed by atoms with van der Waals surface area (Å²) in [5.74, 6) is -0.320. The van der Waals surface area contributed by atoms with Crippen molar-refractivity contribution in [3.63, 3.8) is 0 Å². The first-order valence-electron chi connectivity index (χ1n) is 7.90. The first-order chi connectivity index (χ1) is 12.4. The van der Waals surface area contributed by atoms with Crippen LogP contribution in [0.1, 0.15) is 31.4 Å². The molecule has 1 aromatic heterocycles. The lowest BCUT2D eigenvalue weighted by molar-refractivity contribution is -0.385. The van der Waals surface area contributed by atoms with Crippen LogP contribution in [0, 0.1) is 10.1 Å². The van der Waals surface area contributed by atoms with Gasteiger partial charge in [-0.15, -0.1) is 0 Å². The highest BCUT2D eigenvalue weighted by Gasteiger charge is 2.19. The van der Waals surface area contributed by atoms with Crippen LogP contribution in [0.2, 0.25) is 0 Å². The fourth-order valence-electron chi connectivity index (χ4n) is 2.42. The average Bonchev–Trinajstić information content (AvgIpc) is 3.07. The SMILES string of the molecule is CCC(NC(=O)CCn1cc([N+](=O)[O-])cn1)c1ccccc1OC(F)F. The maximum atomic E-state index is 12.5. The van der Waals surface area contributed by atoms with E-state index in [2.05, 4.69) is 15.2 Å². The van der Waals surface area contributed by atoms with Crippen molar-refractivity contribution >= 4 is 11.6 Å². The smallest absolute Gasteiger partial charge is 0.387 e. The fourth-order valence-corrected chi connectivity index (χ4v) is 2.42. The van der Waals surface area contributed by atoms with Crippen molar-refractivity contribution in [1.29, 1.82) is 0 Å². The third kappa shape index (κ3) is 5.23. The van der Waals surface area contributed by atoms with Crippen LogP contribution in [0.15, 0.2) is 36.7 Å². The summed E-state index contributed by atoms with van der Waals surface area (Å²) in [5.41, 5.74) is 0.299. The number of alkyl halides is 2. The van der Waals surface area contributed by atoms with Crippen LogP contribution in [0.3, 0.4) is 0 Å². The normalized spacial score (nSPS) is 12.0. The van der Waals surface area contributed by atoms with Gasteiger partial charge < -0.3 is 10.1 Å². The molecule has 10 heteroatoms. The molecule has 0 aliphatic carbocycles. The Labute approximate surface area is 147 Å². The first-order valence-corrected chi connectivity index (χ1v) is 7.90. The molecule has 1 heterocycles. The van der Waals surface area contributed by atoms with E-state index in [-0.39, 0.29) is 30.3 Å². The number of para-hydroxylation sites is 1. The van der Waals surface area contributed by atoms with Gasteiger partial charge in [0.1, 0.15) is 18.1 Å². The minimum absolute atomic E-state index is 0.0114. The van der Waals surface area contributed by atoms with Crippen molar-refractivity contribution in [2.45, 2.75) is 39.0 Å². The highest BCUT2D eigenvalue weighted by Crippen LogP contribution is 2.28. The topological polar surface area (TPSA) is 99.3 Å². The molecule has 0 bridgehead atoms. The minimum Gasteiger partial charge on any atom is -0.434 e. The summed E-state index contributed by atoms with van der Waals surface area (Å²) in [7, 11) is 0. The number of benzene rings is 1. The van der Waals surface area contributed by atoms with Crippen LogP contribution < -0.4 is 10.1 Å². The zero-order chi connectivity index (χ0) is 19.1. The molecule has 2 rings (SSSR count). The monoisotopic (exact) mass is 368 g/mol. The van der Waals surface area contributed by atoms with Crippen molar-refractivity contribution in [2.75, 3.05) is 0 Å². The Balaban J connectivity index is 1.98. The van der Waals surface area contributed by atoms with Gasteiger partial charge in [0.2, 0.25) is 5.91 Å². The molecule has 1 unspecified atom stereocenters. The number of carbonyl (C=O) groups is 1. The molecule has 0 aliphatic heterocycles. The predicted octanol–water partition coefficient (Wildman–Crippen LogP) is 3.05. The van der Waals surface area contributed by atoms with Crippen LogP contribution >= 0.6 is 0 Å². The van der Waals surface area contributed by atoms with Crippen molar-refractivity contribution in [1.82, 2.24) is 15.1 Å². The molecule has 140 valence electrons. The molecular formula is C16H18F2N4O4. The number of hydrogen-bond acceptors (Lipinski definition) is 5. The molecule has 1 atom stereocenters. The number of aryl methyl sites for hydroxylation is 1. The Hall–Kier alpha value is -3.04. The maximum absolute atomic E-state index is 12.5. The van der Waals surface area contributed by atoms with Crippen LogP contribution in [0.25, 0.3) is 0 Å². The highest BCUT2D eigenvalue weighted by atomic mass is 19.3. The zero-order valence-corrected chi connectivity index (χ0v) is 14.0. The number of rotatable bonds is 9. The van der Waals surface area contributed by atoms with E-state index in [0.717, 1.165) is 6.20 Å². The van der Waals surface area contributed by atoms with E-state index in [9.17, 15) is 23.7 Å². The Morgan fingerprint density at radius 3 is 2.77 bits per heavy atom. The van der Waals surface area contributed by atoms with Crippen molar-refractivity contribution in [2.24, 2.45) is 0 Å². The molecule has 2 aromatic rings. The number of halogens is 2. The van der Waals surface area contributed by atoms with Crippen LogP contribution in [-0.2, 0) is 11.3 Å². The molecule has 0 radical (unpaired) electrons. The third-order valence-electron chi connectivity index (χ3n) is 3.65. The quantitative estimate of drug-likeness (QED) is 0.542. The molecule has 26 heavy (non-hydrogen) atoms.